The maximum atomic E-state index is 12.9. The highest BCUT2D eigenvalue weighted by Gasteiger charge is 2.21. The summed E-state index contributed by atoms with van der Waals surface area (Å²) in [6, 6.07) is 16.3. The molecular weight excluding hydrogens is 424 g/mol. The van der Waals surface area contributed by atoms with E-state index in [0.717, 1.165) is 11.1 Å². The zero-order valence-corrected chi connectivity index (χ0v) is 18.3. The molecule has 0 saturated heterocycles. The summed E-state index contributed by atoms with van der Waals surface area (Å²) in [5, 5.41) is 2.74. The maximum Gasteiger partial charge on any atom is 0.263 e. The minimum atomic E-state index is -4.00. The van der Waals surface area contributed by atoms with Crippen molar-refractivity contribution in [2.75, 3.05) is 17.1 Å². The fraction of sp³-hybridized carbons (Fsp3) is 0.136. The fourth-order valence-electron chi connectivity index (χ4n) is 2.86. The number of carbonyl (C=O) groups excluding carboxylic acids is 1. The van der Waals surface area contributed by atoms with Gasteiger partial charge >= 0.3 is 0 Å². The molecular formula is C22H21ClN2O4S. The molecule has 0 unspecified atom stereocenters. The largest absolute Gasteiger partial charge is 0.497 e. The first kappa shape index (κ1) is 21.7. The van der Waals surface area contributed by atoms with Gasteiger partial charge in [-0.25, -0.2) is 8.42 Å². The van der Waals surface area contributed by atoms with Crippen molar-refractivity contribution in [2.24, 2.45) is 0 Å². The monoisotopic (exact) mass is 444 g/mol. The molecule has 0 saturated carbocycles. The molecule has 0 fully saturated rings. The maximum absolute atomic E-state index is 12.9. The van der Waals surface area contributed by atoms with E-state index < -0.39 is 15.9 Å². The molecule has 0 spiro atoms. The Kier molecular flexibility index (Phi) is 6.34. The van der Waals surface area contributed by atoms with E-state index in [1.165, 1.54) is 18.2 Å². The summed E-state index contributed by atoms with van der Waals surface area (Å²) in [7, 11) is -2.44. The molecule has 6 nitrogen and oxygen atoms in total. The summed E-state index contributed by atoms with van der Waals surface area (Å²) >= 11 is 6.15. The molecule has 0 bridgehead atoms. The van der Waals surface area contributed by atoms with Crippen LogP contribution in [0.2, 0.25) is 5.02 Å². The SMILES string of the molecule is COc1ccc(NC(=O)c2ccc(Cl)c(S(=O)(=O)Nc3ccc(C)cc3C)c2)cc1. The lowest BCUT2D eigenvalue weighted by atomic mass is 10.1. The number of nitrogens with one attached hydrogen (secondary N) is 2. The number of rotatable bonds is 6. The van der Waals surface area contributed by atoms with Gasteiger partial charge in [-0.2, -0.15) is 0 Å². The molecule has 1 amide bonds. The standard InChI is InChI=1S/C22H21ClN2O4S/c1-14-4-11-20(15(2)12-14)25-30(27,28)21-13-16(5-10-19(21)23)22(26)24-17-6-8-18(29-3)9-7-17/h4-13,25H,1-3H3,(H,24,26). The summed E-state index contributed by atoms with van der Waals surface area (Å²) in [4.78, 5) is 12.4. The lowest BCUT2D eigenvalue weighted by molar-refractivity contribution is 0.102. The molecule has 0 aliphatic heterocycles. The van der Waals surface area contributed by atoms with E-state index in [4.69, 9.17) is 16.3 Å². The van der Waals surface area contributed by atoms with Gasteiger partial charge in [-0.15, -0.1) is 0 Å². The summed E-state index contributed by atoms with van der Waals surface area (Å²) < 4.78 is 33.5. The molecule has 0 aliphatic rings. The van der Waals surface area contributed by atoms with Gasteiger partial charge in [0.2, 0.25) is 0 Å². The number of ether oxygens (including phenoxy) is 1. The van der Waals surface area contributed by atoms with Crippen molar-refractivity contribution >= 4 is 38.9 Å². The molecule has 0 aliphatic carbocycles. The molecule has 0 radical (unpaired) electrons. The third kappa shape index (κ3) is 4.93. The van der Waals surface area contributed by atoms with Crippen LogP contribution in [0.4, 0.5) is 11.4 Å². The first-order chi connectivity index (χ1) is 14.2. The van der Waals surface area contributed by atoms with Crippen molar-refractivity contribution in [3.8, 4) is 5.75 Å². The van der Waals surface area contributed by atoms with E-state index in [-0.39, 0.29) is 15.5 Å². The number of benzene rings is 3. The second-order valence-corrected chi connectivity index (χ2v) is 8.81. The molecule has 30 heavy (non-hydrogen) atoms. The Morgan fingerprint density at radius 3 is 2.30 bits per heavy atom. The number of sulfonamides is 1. The first-order valence-electron chi connectivity index (χ1n) is 9.04. The van der Waals surface area contributed by atoms with Crippen LogP contribution in [0.1, 0.15) is 21.5 Å². The molecule has 3 aromatic rings. The highest BCUT2D eigenvalue weighted by molar-refractivity contribution is 7.92. The van der Waals surface area contributed by atoms with Crippen molar-refractivity contribution in [1.29, 1.82) is 0 Å². The van der Waals surface area contributed by atoms with Crippen LogP contribution in [0.3, 0.4) is 0 Å². The molecule has 0 aromatic heterocycles. The molecule has 3 rings (SSSR count). The number of hydrogen-bond donors (Lipinski definition) is 2. The third-order valence-corrected chi connectivity index (χ3v) is 6.30. The summed E-state index contributed by atoms with van der Waals surface area (Å²) in [5.41, 5.74) is 2.96. The Balaban J connectivity index is 1.86. The Morgan fingerprint density at radius 2 is 1.67 bits per heavy atom. The molecule has 3 aromatic carbocycles. The van der Waals surface area contributed by atoms with E-state index in [0.29, 0.717) is 17.1 Å². The van der Waals surface area contributed by atoms with Gasteiger partial charge in [0.05, 0.1) is 17.8 Å². The van der Waals surface area contributed by atoms with Crippen LogP contribution in [0, 0.1) is 13.8 Å². The number of amides is 1. The van der Waals surface area contributed by atoms with Gasteiger partial charge in [-0.1, -0.05) is 29.3 Å². The topological polar surface area (TPSA) is 84.5 Å². The van der Waals surface area contributed by atoms with Crippen LogP contribution < -0.4 is 14.8 Å². The Labute approximate surface area is 180 Å². The summed E-state index contributed by atoms with van der Waals surface area (Å²) in [6.07, 6.45) is 0. The first-order valence-corrected chi connectivity index (χ1v) is 10.9. The van der Waals surface area contributed by atoms with Gasteiger partial charge < -0.3 is 10.1 Å². The normalized spacial score (nSPS) is 11.1. The predicted molar refractivity (Wildman–Crippen MR) is 119 cm³/mol. The lowest BCUT2D eigenvalue weighted by Crippen LogP contribution is -2.17. The van der Waals surface area contributed by atoms with Crippen LogP contribution in [0.15, 0.2) is 65.6 Å². The molecule has 0 heterocycles. The quantitative estimate of drug-likeness (QED) is 0.559. The lowest BCUT2D eigenvalue weighted by Gasteiger charge is -2.13. The Morgan fingerprint density at radius 1 is 0.967 bits per heavy atom. The van der Waals surface area contributed by atoms with Gasteiger partial charge in [-0.3, -0.25) is 9.52 Å². The van der Waals surface area contributed by atoms with E-state index in [1.54, 1.807) is 37.4 Å². The van der Waals surface area contributed by atoms with Crippen LogP contribution >= 0.6 is 11.6 Å². The average molecular weight is 445 g/mol. The smallest absolute Gasteiger partial charge is 0.263 e. The number of methoxy groups -OCH3 is 1. The highest BCUT2D eigenvalue weighted by atomic mass is 35.5. The predicted octanol–water partition coefficient (Wildman–Crippen LogP) is 5.02. The van der Waals surface area contributed by atoms with Gasteiger partial charge in [0.15, 0.2) is 0 Å². The van der Waals surface area contributed by atoms with Crippen LogP contribution in [-0.2, 0) is 10.0 Å². The van der Waals surface area contributed by atoms with E-state index in [2.05, 4.69) is 10.0 Å². The second-order valence-electron chi connectivity index (χ2n) is 6.75. The summed E-state index contributed by atoms with van der Waals surface area (Å²) in [5.74, 6) is 0.199. The van der Waals surface area contributed by atoms with Gasteiger partial charge in [0.1, 0.15) is 10.6 Å². The van der Waals surface area contributed by atoms with Crippen molar-refractivity contribution in [1.82, 2.24) is 0 Å². The molecule has 8 heteroatoms. The average Bonchev–Trinajstić information content (AvgIpc) is 2.71. The van der Waals surface area contributed by atoms with Crippen LogP contribution in [0.25, 0.3) is 0 Å². The Hall–Kier alpha value is -3.03. The number of aryl methyl sites for hydroxylation is 2. The van der Waals surface area contributed by atoms with Crippen molar-refractivity contribution < 1.29 is 17.9 Å². The number of halogens is 1. The van der Waals surface area contributed by atoms with E-state index in [1.807, 2.05) is 26.0 Å². The number of hydrogen-bond acceptors (Lipinski definition) is 4. The molecule has 0 atom stereocenters. The minimum absolute atomic E-state index is 0.0215. The zero-order chi connectivity index (χ0) is 21.9. The molecule has 156 valence electrons. The fourth-order valence-corrected chi connectivity index (χ4v) is 4.51. The Bertz CT molecular complexity index is 1190. The van der Waals surface area contributed by atoms with Crippen molar-refractivity contribution in [3.63, 3.8) is 0 Å². The number of anilines is 2. The van der Waals surface area contributed by atoms with Gasteiger partial charge in [0.25, 0.3) is 15.9 Å². The van der Waals surface area contributed by atoms with Crippen LogP contribution in [-0.4, -0.2) is 21.4 Å². The third-order valence-electron chi connectivity index (χ3n) is 4.46. The van der Waals surface area contributed by atoms with E-state index >= 15 is 0 Å². The molecule has 2 N–H and O–H groups in total. The van der Waals surface area contributed by atoms with Gasteiger partial charge in [-0.05, 0) is 67.9 Å². The van der Waals surface area contributed by atoms with Crippen LogP contribution in [0.5, 0.6) is 5.75 Å². The van der Waals surface area contributed by atoms with Crippen molar-refractivity contribution in [2.45, 2.75) is 18.7 Å². The van der Waals surface area contributed by atoms with Crippen molar-refractivity contribution in [3.05, 3.63) is 82.4 Å². The second kappa shape index (κ2) is 8.77. The number of carbonyl (C=O) groups is 1. The van der Waals surface area contributed by atoms with E-state index in [9.17, 15) is 13.2 Å². The minimum Gasteiger partial charge on any atom is -0.497 e. The zero-order valence-electron chi connectivity index (χ0n) is 16.7. The summed E-state index contributed by atoms with van der Waals surface area (Å²) in [6.45, 7) is 3.73. The highest BCUT2D eigenvalue weighted by Crippen LogP contribution is 2.27. The van der Waals surface area contributed by atoms with Gasteiger partial charge in [0, 0.05) is 11.3 Å².